The number of rotatable bonds is 10. The number of ether oxygens (including phenoxy) is 2. The third kappa shape index (κ3) is 9.38. The van der Waals surface area contributed by atoms with Crippen molar-refractivity contribution in [3.63, 3.8) is 0 Å². The molecule has 20 heteroatoms. The molecule has 2 amide bonds. The van der Waals surface area contributed by atoms with Crippen LogP contribution in [-0.2, 0) is 19.1 Å². The number of carbonyl (C=O) groups is 2. The number of aromatic nitrogens is 8. The molecule has 6 aromatic rings. The number of piperidine rings is 1. The molecule has 0 unspecified atom stereocenters. The molecule has 11 rings (SSSR count). The van der Waals surface area contributed by atoms with Crippen molar-refractivity contribution < 1.29 is 41.3 Å². The first kappa shape index (κ1) is 45.3. The summed E-state index contributed by atoms with van der Waals surface area (Å²) in [7, 11) is 0. The Morgan fingerprint density at radius 1 is 0.788 bits per heavy atom. The smallest absolute Gasteiger partial charge is 0.282 e. The van der Waals surface area contributed by atoms with Crippen molar-refractivity contribution in [3.8, 4) is 22.9 Å². The molecule has 4 saturated heterocycles. The van der Waals surface area contributed by atoms with Gasteiger partial charge in [0, 0.05) is 65.8 Å². The van der Waals surface area contributed by atoms with Gasteiger partial charge in [0.2, 0.25) is 11.8 Å². The van der Waals surface area contributed by atoms with Crippen LogP contribution in [-0.4, -0.2) is 139 Å². The van der Waals surface area contributed by atoms with Gasteiger partial charge >= 0.3 is 0 Å². The number of hydrogen-bond acceptors (Lipinski definition) is 13. The van der Waals surface area contributed by atoms with Crippen LogP contribution in [0.3, 0.4) is 0 Å². The van der Waals surface area contributed by atoms with Crippen molar-refractivity contribution in [1.29, 1.82) is 0 Å². The third-order valence-electron chi connectivity index (χ3n) is 13.1. The second-order valence-electron chi connectivity index (χ2n) is 17.6. The van der Waals surface area contributed by atoms with Gasteiger partial charge in [-0.1, -0.05) is 37.6 Å². The minimum atomic E-state index is -3.17. The van der Waals surface area contributed by atoms with Crippen LogP contribution in [0.2, 0.25) is 0 Å². The predicted molar refractivity (Wildman–Crippen MR) is 237 cm³/mol. The molecule has 4 aromatic heterocycles. The normalized spacial score (nSPS) is 21.3. The van der Waals surface area contributed by atoms with Crippen LogP contribution in [0, 0.1) is 5.92 Å². The molecule has 8 heterocycles. The van der Waals surface area contributed by atoms with Crippen molar-refractivity contribution in [2.24, 2.45) is 5.92 Å². The average Bonchev–Trinajstić information content (AvgIpc) is 4.09. The van der Waals surface area contributed by atoms with E-state index in [0.717, 1.165) is 70.3 Å². The van der Waals surface area contributed by atoms with Crippen LogP contribution in [0.25, 0.3) is 44.7 Å². The molecular formula is C46H56F3N11O6. The number of hydrogen-bond donors (Lipinski definition) is 0. The van der Waals surface area contributed by atoms with Crippen molar-refractivity contribution in [2.75, 3.05) is 70.7 Å². The number of amides is 2. The fourth-order valence-corrected chi connectivity index (χ4v) is 9.02. The lowest BCUT2D eigenvalue weighted by Crippen LogP contribution is -2.48. The molecule has 352 valence electrons. The van der Waals surface area contributed by atoms with Gasteiger partial charge in [-0.3, -0.25) is 23.3 Å². The van der Waals surface area contributed by atoms with E-state index in [9.17, 15) is 22.8 Å². The van der Waals surface area contributed by atoms with Gasteiger partial charge in [0.1, 0.15) is 0 Å². The summed E-state index contributed by atoms with van der Waals surface area (Å²) in [5.41, 5.74) is 3.50. The van der Waals surface area contributed by atoms with E-state index in [1.807, 2.05) is 59.7 Å². The number of nitrogens with zero attached hydrogens (tertiary/aromatic N) is 11. The van der Waals surface area contributed by atoms with E-state index in [1.54, 1.807) is 6.20 Å². The van der Waals surface area contributed by atoms with E-state index in [0.29, 0.717) is 49.8 Å². The summed E-state index contributed by atoms with van der Waals surface area (Å²) in [6, 6.07) is 12.4. The molecule has 5 aliphatic rings. The van der Waals surface area contributed by atoms with Crippen LogP contribution in [0.1, 0.15) is 89.5 Å². The van der Waals surface area contributed by atoms with Gasteiger partial charge in [0.05, 0.1) is 81.7 Å². The first-order valence-corrected chi connectivity index (χ1v) is 23.2. The maximum atomic E-state index is 14.5. The first-order valence-electron chi connectivity index (χ1n) is 23.2. The van der Waals surface area contributed by atoms with Gasteiger partial charge in [-0.15, -0.1) is 0 Å². The lowest BCUT2D eigenvalue weighted by molar-refractivity contribution is -0.141. The summed E-state index contributed by atoms with van der Waals surface area (Å²) in [5.74, 6) is -1.31. The van der Waals surface area contributed by atoms with Gasteiger partial charge in [0.15, 0.2) is 5.82 Å². The molecule has 2 aromatic carbocycles. The van der Waals surface area contributed by atoms with E-state index < -0.39 is 31.6 Å². The maximum absolute atomic E-state index is 14.5. The minimum Gasteiger partial charge on any atom is -0.377 e. The average molecular weight is 916 g/mol. The molecule has 0 radical (unpaired) electrons. The number of likely N-dealkylation sites (tertiary alicyclic amines) is 1. The summed E-state index contributed by atoms with van der Waals surface area (Å²) in [4.78, 5) is 38.4. The quantitative estimate of drug-likeness (QED) is 0.134. The van der Waals surface area contributed by atoms with Gasteiger partial charge in [-0.05, 0) is 68.4 Å². The largest absolute Gasteiger partial charge is 0.377 e. The topological polar surface area (TPSA) is 176 Å². The second kappa shape index (κ2) is 19.5. The van der Waals surface area contributed by atoms with Crippen molar-refractivity contribution in [2.45, 2.75) is 95.7 Å². The molecule has 1 aliphatic carbocycles. The number of halogens is 3. The number of carbonyl (C=O) groups excluding carboxylic acids is 2. The molecule has 0 N–H and O–H groups in total. The number of anilines is 1. The standard InChI is InChI=1S/C23H27N5O3.C21H23F3N6O3.C2H6/c1-14-9-16(7-8-27(14)23(29)15-3-2-4-15)21-25-22(31-26-21)17-5-6-18-11-24-28(20(18)10-17)19-12-30-13-19;22-5-1-2-18(31)28-6-7-29(13-21(23,24)12-28)20-26-19(33-27-20)14-3-4-15-9-25-30(17(15)8-14)16-10-32-11-16;1-2/h5-6,10-11,14-16,19H,2-4,7-9,12-13H2,1H3;3-4,8-9,16H,1-2,5-7,10-13H2;1-2H3/t14-,16+;;/m0../s1. The van der Waals surface area contributed by atoms with Crippen LogP contribution in [0.5, 0.6) is 0 Å². The Kier molecular flexibility index (Phi) is 13.4. The molecule has 0 bridgehead atoms. The van der Waals surface area contributed by atoms with Crippen LogP contribution >= 0.6 is 0 Å². The SMILES string of the molecule is CC.C[C@H]1C[C@H](c2noc(-c3ccc4cnn(C5COC5)c4c3)n2)CCN1C(=O)C1CCC1.O=C(CCCF)N1CCN(c2noc(-c3ccc4cnn(C5COC5)c4c3)n2)CC(F)(F)C1. The van der Waals surface area contributed by atoms with E-state index in [2.05, 4.69) is 43.4 Å². The summed E-state index contributed by atoms with van der Waals surface area (Å²) in [6.07, 6.45) is 8.65. The first-order chi connectivity index (χ1) is 32.1. The molecule has 2 atom stereocenters. The monoisotopic (exact) mass is 915 g/mol. The zero-order chi connectivity index (χ0) is 46.0. The van der Waals surface area contributed by atoms with Gasteiger partial charge in [-0.2, -0.15) is 20.2 Å². The van der Waals surface area contributed by atoms with Gasteiger partial charge in [-0.25, -0.2) is 8.78 Å². The highest BCUT2D eigenvalue weighted by atomic mass is 19.3. The number of fused-ring (bicyclic) bond motifs is 2. The number of benzene rings is 2. The Labute approximate surface area is 379 Å². The van der Waals surface area contributed by atoms with Crippen LogP contribution in [0.4, 0.5) is 19.1 Å². The van der Waals surface area contributed by atoms with Crippen LogP contribution in [0.15, 0.2) is 57.8 Å². The third-order valence-corrected chi connectivity index (χ3v) is 13.1. The molecule has 1 saturated carbocycles. The Bertz CT molecular complexity index is 2620. The molecule has 17 nitrogen and oxygen atoms in total. The van der Waals surface area contributed by atoms with E-state index >= 15 is 0 Å². The van der Waals surface area contributed by atoms with Gasteiger partial charge in [0.25, 0.3) is 23.7 Å². The van der Waals surface area contributed by atoms with E-state index in [-0.39, 0.29) is 61.7 Å². The van der Waals surface area contributed by atoms with Crippen molar-refractivity contribution in [1.82, 2.24) is 49.6 Å². The summed E-state index contributed by atoms with van der Waals surface area (Å²) in [6.45, 7) is 7.68. The zero-order valence-corrected chi connectivity index (χ0v) is 37.5. The predicted octanol–water partition coefficient (Wildman–Crippen LogP) is 7.27. The fraction of sp³-hybridized carbons (Fsp3) is 0.565. The minimum absolute atomic E-state index is 0.0236. The highest BCUT2D eigenvalue weighted by Gasteiger charge is 2.40. The lowest BCUT2D eigenvalue weighted by Gasteiger charge is -2.40. The van der Waals surface area contributed by atoms with Crippen molar-refractivity contribution in [3.05, 3.63) is 54.6 Å². The molecule has 0 spiro atoms. The molecule has 66 heavy (non-hydrogen) atoms. The summed E-state index contributed by atoms with van der Waals surface area (Å²) in [5, 5.41) is 19.2. The number of alkyl halides is 3. The molecular weight excluding hydrogens is 860 g/mol. The Morgan fingerprint density at radius 3 is 1.97 bits per heavy atom. The highest BCUT2D eigenvalue weighted by molar-refractivity contribution is 5.84. The second-order valence-corrected chi connectivity index (χ2v) is 17.6. The van der Waals surface area contributed by atoms with Crippen LogP contribution < -0.4 is 4.90 Å². The molecule has 5 fully saturated rings. The van der Waals surface area contributed by atoms with E-state index in [1.165, 1.54) is 11.3 Å². The Balaban J connectivity index is 0.000000160. The van der Waals surface area contributed by atoms with Crippen molar-refractivity contribution >= 4 is 39.6 Å². The Hall–Kier alpha value is -5.89. The molecule has 4 aliphatic heterocycles. The van der Waals surface area contributed by atoms with E-state index in [4.69, 9.17) is 23.5 Å². The Morgan fingerprint density at radius 2 is 1.41 bits per heavy atom. The maximum Gasteiger partial charge on any atom is 0.282 e. The summed E-state index contributed by atoms with van der Waals surface area (Å²) < 4.78 is 67.0. The van der Waals surface area contributed by atoms with Gasteiger partial charge < -0.3 is 33.2 Å². The highest BCUT2D eigenvalue weighted by Crippen LogP contribution is 2.36. The zero-order valence-electron chi connectivity index (χ0n) is 37.5. The lowest BCUT2D eigenvalue weighted by atomic mass is 9.82. The fourth-order valence-electron chi connectivity index (χ4n) is 9.02. The summed E-state index contributed by atoms with van der Waals surface area (Å²) >= 11 is 0.